The minimum Gasteiger partial charge on any atom is -0.289 e. The van der Waals surface area contributed by atoms with Crippen molar-refractivity contribution >= 4 is 17.4 Å². The Bertz CT molecular complexity index is 1190. The SMILES string of the molecule is O=C1c2ccccc2-c2cccc(-c3cccc(-c4ccc(Cl)cc4)c3)c21. The molecule has 128 valence electrons. The molecule has 0 fully saturated rings. The zero-order valence-corrected chi connectivity index (χ0v) is 15.2. The lowest BCUT2D eigenvalue weighted by Crippen LogP contribution is -1.98. The molecule has 0 aliphatic heterocycles. The molecule has 0 N–H and O–H groups in total. The fourth-order valence-corrected chi connectivity index (χ4v) is 3.95. The van der Waals surface area contributed by atoms with E-state index in [4.69, 9.17) is 11.6 Å². The standard InChI is InChI=1S/C25H15ClO/c26-19-13-11-16(12-14-19)17-5-3-6-18(15-17)20-9-4-10-22-21-7-1-2-8-23(21)25(27)24(20)22/h1-15H. The summed E-state index contributed by atoms with van der Waals surface area (Å²) in [6.45, 7) is 0. The molecule has 0 saturated heterocycles. The minimum absolute atomic E-state index is 0.105. The lowest BCUT2D eigenvalue weighted by molar-refractivity contribution is 0.104. The van der Waals surface area contributed by atoms with Gasteiger partial charge in [-0.15, -0.1) is 0 Å². The molecule has 0 bridgehead atoms. The molecule has 0 radical (unpaired) electrons. The van der Waals surface area contributed by atoms with E-state index in [0.717, 1.165) is 49.5 Å². The molecule has 0 heterocycles. The number of rotatable bonds is 2. The second kappa shape index (κ2) is 6.22. The van der Waals surface area contributed by atoms with Crippen molar-refractivity contribution in [2.24, 2.45) is 0 Å². The molecule has 5 rings (SSSR count). The molecule has 0 amide bonds. The number of halogens is 1. The summed E-state index contributed by atoms with van der Waals surface area (Å²) in [6.07, 6.45) is 0. The quantitative estimate of drug-likeness (QED) is 0.332. The summed E-state index contributed by atoms with van der Waals surface area (Å²) >= 11 is 6.01. The first-order valence-electron chi connectivity index (χ1n) is 8.86. The molecule has 0 unspecified atom stereocenters. The smallest absolute Gasteiger partial charge is 0.194 e. The van der Waals surface area contributed by atoms with Crippen LogP contribution in [0.2, 0.25) is 5.02 Å². The Hall–Kier alpha value is -3.16. The van der Waals surface area contributed by atoms with Gasteiger partial charge in [0.15, 0.2) is 5.78 Å². The van der Waals surface area contributed by atoms with Gasteiger partial charge in [0.05, 0.1) is 0 Å². The van der Waals surface area contributed by atoms with E-state index < -0.39 is 0 Å². The van der Waals surface area contributed by atoms with Gasteiger partial charge in [0.2, 0.25) is 0 Å². The van der Waals surface area contributed by atoms with E-state index in [1.807, 2.05) is 72.8 Å². The van der Waals surface area contributed by atoms with Crippen molar-refractivity contribution in [3.05, 3.63) is 107 Å². The highest BCUT2D eigenvalue weighted by Gasteiger charge is 2.28. The Morgan fingerprint density at radius 3 is 1.96 bits per heavy atom. The van der Waals surface area contributed by atoms with Crippen LogP contribution in [0.3, 0.4) is 0 Å². The molecule has 0 aromatic heterocycles. The Morgan fingerprint density at radius 1 is 0.519 bits per heavy atom. The molecule has 4 aromatic carbocycles. The van der Waals surface area contributed by atoms with Gasteiger partial charge in [0.1, 0.15) is 0 Å². The summed E-state index contributed by atoms with van der Waals surface area (Å²) < 4.78 is 0. The number of hydrogen-bond donors (Lipinski definition) is 0. The van der Waals surface area contributed by atoms with Crippen LogP contribution in [0.25, 0.3) is 33.4 Å². The highest BCUT2D eigenvalue weighted by atomic mass is 35.5. The first-order valence-corrected chi connectivity index (χ1v) is 9.24. The van der Waals surface area contributed by atoms with Crippen molar-refractivity contribution in [2.45, 2.75) is 0 Å². The summed E-state index contributed by atoms with van der Waals surface area (Å²) in [5, 5.41) is 0.721. The van der Waals surface area contributed by atoms with Crippen molar-refractivity contribution in [1.29, 1.82) is 0 Å². The molecule has 2 heteroatoms. The van der Waals surface area contributed by atoms with Gasteiger partial charge in [-0.2, -0.15) is 0 Å². The first-order chi connectivity index (χ1) is 13.2. The maximum absolute atomic E-state index is 13.1. The molecule has 1 aliphatic carbocycles. The average molecular weight is 367 g/mol. The van der Waals surface area contributed by atoms with Crippen molar-refractivity contribution < 1.29 is 4.79 Å². The number of hydrogen-bond acceptors (Lipinski definition) is 1. The molecular formula is C25H15ClO. The van der Waals surface area contributed by atoms with Crippen LogP contribution in [-0.4, -0.2) is 5.78 Å². The van der Waals surface area contributed by atoms with Gasteiger partial charge in [0.25, 0.3) is 0 Å². The van der Waals surface area contributed by atoms with E-state index in [0.29, 0.717) is 0 Å². The highest BCUT2D eigenvalue weighted by molar-refractivity contribution is 6.30. The predicted octanol–water partition coefficient (Wildman–Crippen LogP) is 6.89. The average Bonchev–Trinajstić information content (AvgIpc) is 3.02. The zero-order chi connectivity index (χ0) is 18.4. The Kier molecular flexibility index (Phi) is 3.70. The second-order valence-corrected chi connectivity index (χ2v) is 7.13. The summed E-state index contributed by atoms with van der Waals surface area (Å²) in [6, 6.07) is 30.0. The lowest BCUT2D eigenvalue weighted by Gasteiger charge is -2.10. The fourth-order valence-electron chi connectivity index (χ4n) is 3.82. The molecule has 1 nitrogen and oxygen atoms in total. The number of fused-ring (bicyclic) bond motifs is 3. The molecule has 0 atom stereocenters. The first kappa shape index (κ1) is 16.0. The number of benzene rings is 4. The van der Waals surface area contributed by atoms with Crippen molar-refractivity contribution in [3.63, 3.8) is 0 Å². The second-order valence-electron chi connectivity index (χ2n) is 6.69. The van der Waals surface area contributed by atoms with Crippen LogP contribution >= 0.6 is 11.6 Å². The number of carbonyl (C=O) groups is 1. The van der Waals surface area contributed by atoms with E-state index in [9.17, 15) is 4.79 Å². The third-order valence-corrected chi connectivity index (χ3v) is 5.36. The fraction of sp³-hybridized carbons (Fsp3) is 0. The normalized spacial score (nSPS) is 12.0. The van der Waals surface area contributed by atoms with Crippen molar-refractivity contribution in [1.82, 2.24) is 0 Å². The number of carbonyl (C=O) groups excluding carboxylic acids is 1. The van der Waals surface area contributed by atoms with Crippen LogP contribution in [0.1, 0.15) is 15.9 Å². The maximum atomic E-state index is 13.1. The third kappa shape index (κ3) is 2.59. The van der Waals surface area contributed by atoms with Gasteiger partial charge in [-0.05, 0) is 51.6 Å². The summed E-state index contributed by atoms with van der Waals surface area (Å²) in [4.78, 5) is 13.1. The number of ketones is 1. The van der Waals surface area contributed by atoms with E-state index in [1.165, 1.54) is 0 Å². The largest absolute Gasteiger partial charge is 0.289 e. The van der Waals surface area contributed by atoms with Gasteiger partial charge in [-0.1, -0.05) is 84.4 Å². The molecule has 0 saturated carbocycles. The van der Waals surface area contributed by atoms with Crippen LogP contribution < -0.4 is 0 Å². The molecule has 4 aromatic rings. The zero-order valence-electron chi connectivity index (χ0n) is 14.4. The van der Waals surface area contributed by atoms with Gasteiger partial charge in [0, 0.05) is 16.1 Å². The monoisotopic (exact) mass is 366 g/mol. The van der Waals surface area contributed by atoms with E-state index >= 15 is 0 Å². The lowest BCUT2D eigenvalue weighted by atomic mass is 9.93. The highest BCUT2D eigenvalue weighted by Crippen LogP contribution is 2.41. The summed E-state index contributed by atoms with van der Waals surface area (Å²) in [5.41, 5.74) is 7.84. The Morgan fingerprint density at radius 2 is 1.15 bits per heavy atom. The third-order valence-electron chi connectivity index (χ3n) is 5.10. The Balaban J connectivity index is 1.67. The van der Waals surface area contributed by atoms with Crippen LogP contribution in [0.5, 0.6) is 0 Å². The predicted molar refractivity (Wildman–Crippen MR) is 111 cm³/mol. The van der Waals surface area contributed by atoms with E-state index in [-0.39, 0.29) is 5.78 Å². The molecule has 27 heavy (non-hydrogen) atoms. The molecular weight excluding hydrogens is 352 g/mol. The maximum Gasteiger partial charge on any atom is 0.194 e. The molecule has 0 spiro atoms. The Labute approximate surface area is 162 Å². The van der Waals surface area contributed by atoms with Gasteiger partial charge < -0.3 is 0 Å². The van der Waals surface area contributed by atoms with Crippen LogP contribution in [0.4, 0.5) is 0 Å². The summed E-state index contributed by atoms with van der Waals surface area (Å²) in [5.74, 6) is 0.105. The van der Waals surface area contributed by atoms with Crippen molar-refractivity contribution in [2.75, 3.05) is 0 Å². The topological polar surface area (TPSA) is 17.1 Å². The van der Waals surface area contributed by atoms with Gasteiger partial charge in [-0.25, -0.2) is 0 Å². The summed E-state index contributed by atoms with van der Waals surface area (Å²) in [7, 11) is 0. The minimum atomic E-state index is 0.105. The van der Waals surface area contributed by atoms with E-state index in [1.54, 1.807) is 0 Å². The van der Waals surface area contributed by atoms with Crippen molar-refractivity contribution in [3.8, 4) is 33.4 Å². The van der Waals surface area contributed by atoms with Crippen LogP contribution in [-0.2, 0) is 0 Å². The van der Waals surface area contributed by atoms with Gasteiger partial charge in [-0.3, -0.25) is 4.79 Å². The van der Waals surface area contributed by atoms with E-state index in [2.05, 4.69) is 18.2 Å². The van der Waals surface area contributed by atoms with Crippen LogP contribution in [0.15, 0.2) is 91.0 Å². The van der Waals surface area contributed by atoms with Crippen LogP contribution in [0, 0.1) is 0 Å². The van der Waals surface area contributed by atoms with Gasteiger partial charge >= 0.3 is 0 Å². The molecule has 1 aliphatic rings.